The third-order valence-corrected chi connectivity index (χ3v) is 2.27. The fourth-order valence-electron chi connectivity index (χ4n) is 1.43. The second kappa shape index (κ2) is 4.18. The number of halogens is 6. The molecule has 1 rings (SSSR count). The number of carbonyl (C=O) groups is 1. The van der Waals surface area contributed by atoms with Gasteiger partial charge in [0.2, 0.25) is 0 Å². The number of alkyl halides is 6. The molecule has 1 N–H and O–H groups in total. The highest BCUT2D eigenvalue weighted by molar-refractivity contribution is 5.88. The smallest absolute Gasteiger partial charge is 0.416 e. The van der Waals surface area contributed by atoms with E-state index in [9.17, 15) is 31.1 Å². The molecule has 2 nitrogen and oxygen atoms in total. The van der Waals surface area contributed by atoms with E-state index >= 15 is 0 Å². The first-order chi connectivity index (χ1) is 7.94. The number of carboxylic acids is 1. The van der Waals surface area contributed by atoms with Crippen molar-refractivity contribution in [1.82, 2.24) is 0 Å². The number of aromatic carboxylic acids is 1. The summed E-state index contributed by atoms with van der Waals surface area (Å²) in [5.41, 5.74) is -5.30. The van der Waals surface area contributed by atoms with Gasteiger partial charge in [-0.3, -0.25) is 0 Å². The van der Waals surface area contributed by atoms with Gasteiger partial charge in [-0.15, -0.1) is 0 Å². The van der Waals surface area contributed by atoms with Gasteiger partial charge in [0.25, 0.3) is 0 Å². The molecule has 0 bridgehead atoms. The minimum atomic E-state index is -5.05. The highest BCUT2D eigenvalue weighted by Gasteiger charge is 2.40. The normalized spacial score (nSPS) is 12.6. The van der Waals surface area contributed by atoms with Crippen LogP contribution in [0, 0.1) is 6.92 Å². The summed E-state index contributed by atoms with van der Waals surface area (Å²) in [6.07, 6.45) is -10.1. The molecule has 0 atom stereocenters. The Kier molecular flexibility index (Phi) is 3.33. The van der Waals surface area contributed by atoms with Crippen molar-refractivity contribution in [1.29, 1.82) is 0 Å². The van der Waals surface area contributed by atoms with Crippen molar-refractivity contribution in [2.24, 2.45) is 0 Å². The maximum atomic E-state index is 12.5. The first kappa shape index (κ1) is 14.3. The third kappa shape index (κ3) is 2.74. The SMILES string of the molecule is Cc1c(C(F)(F)F)cc(C(=O)O)cc1C(F)(F)F. The van der Waals surface area contributed by atoms with Crippen LogP contribution >= 0.6 is 0 Å². The average Bonchev–Trinajstić information content (AvgIpc) is 2.13. The molecule has 0 aliphatic heterocycles. The minimum Gasteiger partial charge on any atom is -0.478 e. The Bertz CT molecular complexity index is 451. The van der Waals surface area contributed by atoms with Crippen LogP contribution in [0.15, 0.2) is 12.1 Å². The molecule has 0 spiro atoms. The molecule has 0 fully saturated rings. The molecule has 0 radical (unpaired) electrons. The van der Waals surface area contributed by atoms with Crippen molar-refractivity contribution in [3.05, 3.63) is 34.4 Å². The Morgan fingerprint density at radius 1 is 1.00 bits per heavy atom. The van der Waals surface area contributed by atoms with E-state index in [1.54, 1.807) is 0 Å². The maximum absolute atomic E-state index is 12.5. The molecule has 18 heavy (non-hydrogen) atoms. The molecule has 0 saturated carbocycles. The molecule has 0 aliphatic carbocycles. The Labute approximate surface area is 96.8 Å². The zero-order chi connectivity index (χ0) is 14.3. The summed E-state index contributed by atoms with van der Waals surface area (Å²) in [6, 6.07) is 0.375. The molecule has 8 heteroatoms. The molecular formula is C10H6F6O2. The van der Waals surface area contributed by atoms with E-state index in [4.69, 9.17) is 5.11 Å². The lowest BCUT2D eigenvalue weighted by Gasteiger charge is -2.17. The number of hydrogen-bond acceptors (Lipinski definition) is 1. The predicted molar refractivity (Wildman–Crippen MR) is 48.1 cm³/mol. The molecule has 1 aromatic rings. The lowest BCUT2D eigenvalue weighted by atomic mass is 9.98. The number of hydrogen-bond donors (Lipinski definition) is 1. The number of benzene rings is 1. The van der Waals surface area contributed by atoms with Crippen LogP contribution in [0.2, 0.25) is 0 Å². The first-order valence-electron chi connectivity index (χ1n) is 4.47. The van der Waals surface area contributed by atoms with Crippen LogP contribution in [0.3, 0.4) is 0 Å². The lowest BCUT2D eigenvalue weighted by molar-refractivity contribution is -0.143. The Morgan fingerprint density at radius 3 is 1.56 bits per heavy atom. The first-order valence-corrected chi connectivity index (χ1v) is 4.47. The van der Waals surface area contributed by atoms with Gasteiger partial charge in [-0.25, -0.2) is 4.79 Å². The Hall–Kier alpha value is -1.73. The van der Waals surface area contributed by atoms with E-state index in [-0.39, 0.29) is 12.1 Å². The molecular weight excluding hydrogens is 266 g/mol. The van der Waals surface area contributed by atoms with Crippen LogP contribution in [0.4, 0.5) is 26.3 Å². The van der Waals surface area contributed by atoms with Gasteiger partial charge >= 0.3 is 18.3 Å². The summed E-state index contributed by atoms with van der Waals surface area (Å²) in [4.78, 5) is 10.5. The van der Waals surface area contributed by atoms with Crippen LogP contribution in [0.5, 0.6) is 0 Å². The lowest BCUT2D eigenvalue weighted by Crippen LogP contribution is -2.16. The van der Waals surface area contributed by atoms with Gasteiger partial charge in [0.15, 0.2) is 0 Å². The van der Waals surface area contributed by atoms with E-state index in [0.717, 1.165) is 0 Å². The monoisotopic (exact) mass is 272 g/mol. The molecule has 0 heterocycles. The summed E-state index contributed by atoms with van der Waals surface area (Å²) >= 11 is 0. The number of carboxylic acid groups (broad SMARTS) is 1. The van der Waals surface area contributed by atoms with Crippen molar-refractivity contribution in [2.45, 2.75) is 19.3 Å². The van der Waals surface area contributed by atoms with Gasteiger partial charge in [0.05, 0.1) is 16.7 Å². The Balaban J connectivity index is 3.64. The highest BCUT2D eigenvalue weighted by Crippen LogP contribution is 2.39. The van der Waals surface area contributed by atoms with Gasteiger partial charge < -0.3 is 5.11 Å². The zero-order valence-electron chi connectivity index (χ0n) is 8.78. The fourth-order valence-corrected chi connectivity index (χ4v) is 1.43. The van der Waals surface area contributed by atoms with Crippen LogP contribution < -0.4 is 0 Å². The van der Waals surface area contributed by atoms with Gasteiger partial charge in [-0.1, -0.05) is 0 Å². The van der Waals surface area contributed by atoms with Crippen LogP contribution in [0.1, 0.15) is 27.0 Å². The van der Waals surface area contributed by atoms with Crippen molar-refractivity contribution >= 4 is 5.97 Å². The van der Waals surface area contributed by atoms with E-state index < -0.39 is 40.6 Å². The molecule has 0 aliphatic rings. The highest BCUT2D eigenvalue weighted by atomic mass is 19.4. The molecule has 0 saturated heterocycles. The van der Waals surface area contributed by atoms with Gasteiger partial charge in [-0.05, 0) is 24.6 Å². The second-order valence-corrected chi connectivity index (χ2v) is 3.50. The average molecular weight is 272 g/mol. The standard InChI is InChI=1S/C10H6F6O2/c1-4-6(9(11,12)13)2-5(8(17)18)3-7(4)10(14,15)16/h2-3H,1H3,(H,17,18). The van der Waals surface area contributed by atoms with Gasteiger partial charge in [0, 0.05) is 0 Å². The van der Waals surface area contributed by atoms with E-state index in [2.05, 4.69) is 0 Å². The van der Waals surface area contributed by atoms with Crippen LogP contribution in [-0.4, -0.2) is 11.1 Å². The van der Waals surface area contributed by atoms with Crippen molar-refractivity contribution < 1.29 is 36.2 Å². The number of rotatable bonds is 1. The fraction of sp³-hybridized carbons (Fsp3) is 0.300. The summed E-state index contributed by atoms with van der Waals surface area (Å²) in [5, 5.41) is 8.52. The van der Waals surface area contributed by atoms with Crippen molar-refractivity contribution in [2.75, 3.05) is 0 Å². The molecule has 100 valence electrons. The summed E-state index contributed by atoms with van der Waals surface area (Å²) in [5.74, 6) is -1.86. The summed E-state index contributed by atoms with van der Waals surface area (Å²) < 4.78 is 75.0. The van der Waals surface area contributed by atoms with Gasteiger partial charge in [-0.2, -0.15) is 26.3 Å². The van der Waals surface area contributed by atoms with E-state index in [1.165, 1.54) is 0 Å². The predicted octanol–water partition coefficient (Wildman–Crippen LogP) is 3.73. The van der Waals surface area contributed by atoms with E-state index in [1.807, 2.05) is 0 Å². The van der Waals surface area contributed by atoms with Gasteiger partial charge in [0.1, 0.15) is 0 Å². The second-order valence-electron chi connectivity index (χ2n) is 3.50. The molecule has 0 aromatic heterocycles. The van der Waals surface area contributed by atoms with Crippen LogP contribution in [-0.2, 0) is 12.4 Å². The maximum Gasteiger partial charge on any atom is 0.416 e. The van der Waals surface area contributed by atoms with E-state index in [0.29, 0.717) is 6.92 Å². The Morgan fingerprint density at radius 2 is 1.33 bits per heavy atom. The molecule has 1 aromatic carbocycles. The minimum absolute atomic E-state index is 0.187. The van der Waals surface area contributed by atoms with Crippen LogP contribution in [0.25, 0.3) is 0 Å². The van der Waals surface area contributed by atoms with Crippen molar-refractivity contribution in [3.8, 4) is 0 Å². The quantitative estimate of drug-likeness (QED) is 0.791. The third-order valence-electron chi connectivity index (χ3n) is 2.27. The largest absolute Gasteiger partial charge is 0.478 e. The molecule has 0 amide bonds. The molecule has 0 unspecified atom stereocenters. The summed E-state index contributed by atoms with van der Waals surface area (Å²) in [6.45, 7) is 0.650. The van der Waals surface area contributed by atoms with Crippen molar-refractivity contribution in [3.63, 3.8) is 0 Å². The summed E-state index contributed by atoms with van der Waals surface area (Å²) in [7, 11) is 0. The zero-order valence-corrected chi connectivity index (χ0v) is 8.78. The topological polar surface area (TPSA) is 37.3 Å².